The number of rotatable bonds is 7. The third kappa shape index (κ3) is 4.86. The molecule has 0 bridgehead atoms. The zero-order valence-electron chi connectivity index (χ0n) is 17.5. The molecule has 0 spiro atoms. The number of nitrogens with one attached hydrogen (secondary N) is 2. The monoisotopic (exact) mass is 446 g/mol. The van der Waals surface area contributed by atoms with Crippen LogP contribution in [0.5, 0.6) is 0 Å². The molecule has 8 heteroatoms. The number of hydrogen-bond acceptors (Lipinski definition) is 5. The van der Waals surface area contributed by atoms with Crippen molar-refractivity contribution in [2.75, 3.05) is 18.5 Å². The van der Waals surface area contributed by atoms with Gasteiger partial charge in [-0.2, -0.15) is 0 Å². The van der Waals surface area contributed by atoms with E-state index in [2.05, 4.69) is 22.8 Å². The van der Waals surface area contributed by atoms with E-state index in [1.807, 2.05) is 36.4 Å². The minimum absolute atomic E-state index is 0.0459. The molecule has 0 aliphatic heterocycles. The van der Waals surface area contributed by atoms with Gasteiger partial charge >= 0.3 is 12.1 Å². The Morgan fingerprint density at radius 3 is 2.03 bits per heavy atom. The Labute approximate surface area is 189 Å². The second-order valence-corrected chi connectivity index (χ2v) is 7.59. The molecule has 33 heavy (non-hydrogen) atoms. The van der Waals surface area contributed by atoms with E-state index >= 15 is 0 Å². The number of aliphatic hydroxyl groups is 1. The Morgan fingerprint density at radius 2 is 1.45 bits per heavy atom. The second-order valence-electron chi connectivity index (χ2n) is 7.59. The molecule has 1 atom stereocenters. The fraction of sp³-hybridized carbons (Fsp3) is 0.160. The SMILES string of the molecule is O=C(Nc1ccc(C(=O)NC[C@H](O)C(=O)O)cc1)OCC1c2ccccc2-c2ccccc21. The number of carboxylic acids is 1. The molecule has 3 aromatic rings. The molecule has 2 amide bonds. The normalized spacial score (nSPS) is 12.9. The standard InChI is InChI=1S/C25H22N2O6/c28-22(24(30)31)13-26-23(29)15-9-11-16(12-10-15)27-25(32)33-14-21-19-7-3-1-5-17(19)18-6-2-4-8-20(18)21/h1-12,21-22,28H,13-14H2,(H,26,29)(H,27,32)(H,30,31)/t22-/m0/s1. The van der Waals surface area contributed by atoms with Gasteiger partial charge < -0.3 is 20.3 Å². The van der Waals surface area contributed by atoms with Crippen molar-refractivity contribution in [2.24, 2.45) is 0 Å². The van der Waals surface area contributed by atoms with Crippen molar-refractivity contribution in [1.82, 2.24) is 5.32 Å². The van der Waals surface area contributed by atoms with Crippen LogP contribution in [0.1, 0.15) is 27.4 Å². The molecule has 0 unspecified atom stereocenters. The molecule has 1 aliphatic carbocycles. The Kier molecular flexibility index (Phi) is 6.37. The van der Waals surface area contributed by atoms with Gasteiger partial charge in [0.15, 0.2) is 6.10 Å². The van der Waals surface area contributed by atoms with Gasteiger partial charge in [0, 0.05) is 17.2 Å². The van der Waals surface area contributed by atoms with E-state index in [1.165, 1.54) is 24.3 Å². The first-order valence-corrected chi connectivity index (χ1v) is 10.3. The Hall–Kier alpha value is -4.17. The summed E-state index contributed by atoms with van der Waals surface area (Å²) in [6, 6.07) is 22.1. The van der Waals surface area contributed by atoms with Gasteiger partial charge in [-0.3, -0.25) is 10.1 Å². The number of carbonyl (C=O) groups is 3. The predicted molar refractivity (Wildman–Crippen MR) is 121 cm³/mol. The highest BCUT2D eigenvalue weighted by Gasteiger charge is 2.29. The van der Waals surface area contributed by atoms with Gasteiger partial charge in [-0.25, -0.2) is 9.59 Å². The van der Waals surface area contributed by atoms with E-state index in [0.717, 1.165) is 22.3 Å². The molecule has 0 heterocycles. The molecule has 0 radical (unpaired) electrons. The van der Waals surface area contributed by atoms with Gasteiger partial charge in [-0.1, -0.05) is 48.5 Å². The van der Waals surface area contributed by atoms with Crippen molar-refractivity contribution in [2.45, 2.75) is 12.0 Å². The molecular formula is C25H22N2O6. The minimum Gasteiger partial charge on any atom is -0.479 e. The van der Waals surface area contributed by atoms with Crippen molar-refractivity contribution >= 4 is 23.7 Å². The van der Waals surface area contributed by atoms with Gasteiger partial charge in [0.1, 0.15) is 6.61 Å². The van der Waals surface area contributed by atoms with Crippen LogP contribution in [0.2, 0.25) is 0 Å². The second kappa shape index (κ2) is 9.54. The summed E-state index contributed by atoms with van der Waals surface area (Å²) < 4.78 is 5.50. The van der Waals surface area contributed by atoms with Crippen LogP contribution in [0.25, 0.3) is 11.1 Å². The lowest BCUT2D eigenvalue weighted by atomic mass is 9.98. The summed E-state index contributed by atoms with van der Waals surface area (Å²) in [6.07, 6.45) is -2.29. The zero-order valence-corrected chi connectivity index (χ0v) is 17.5. The topological polar surface area (TPSA) is 125 Å². The number of carbonyl (C=O) groups excluding carboxylic acids is 2. The number of benzene rings is 3. The lowest BCUT2D eigenvalue weighted by Crippen LogP contribution is -2.36. The maximum absolute atomic E-state index is 12.4. The predicted octanol–water partition coefficient (Wildman–Crippen LogP) is 3.22. The highest BCUT2D eigenvalue weighted by Crippen LogP contribution is 2.44. The fourth-order valence-electron chi connectivity index (χ4n) is 3.84. The smallest absolute Gasteiger partial charge is 0.411 e. The van der Waals surface area contributed by atoms with Crippen molar-refractivity contribution in [3.8, 4) is 11.1 Å². The molecule has 4 rings (SSSR count). The number of carboxylic acid groups (broad SMARTS) is 1. The molecule has 0 saturated carbocycles. The van der Waals surface area contributed by atoms with Crippen LogP contribution < -0.4 is 10.6 Å². The number of amides is 2. The Bertz CT molecular complexity index is 1150. The molecule has 4 N–H and O–H groups in total. The highest BCUT2D eigenvalue weighted by molar-refractivity contribution is 5.95. The van der Waals surface area contributed by atoms with Crippen molar-refractivity contribution in [1.29, 1.82) is 0 Å². The van der Waals surface area contributed by atoms with Gasteiger partial charge in [-0.15, -0.1) is 0 Å². The Balaban J connectivity index is 1.33. The number of aliphatic carboxylic acids is 1. The van der Waals surface area contributed by atoms with Gasteiger partial charge in [-0.05, 0) is 46.5 Å². The molecule has 3 aromatic carbocycles. The number of hydrogen-bond donors (Lipinski definition) is 4. The molecule has 168 valence electrons. The third-order valence-corrected chi connectivity index (χ3v) is 5.48. The van der Waals surface area contributed by atoms with E-state index in [4.69, 9.17) is 9.84 Å². The quantitative estimate of drug-likeness (QED) is 0.442. The van der Waals surface area contributed by atoms with Crippen LogP contribution in [0, 0.1) is 0 Å². The summed E-state index contributed by atoms with van der Waals surface area (Å²) >= 11 is 0. The first-order chi connectivity index (χ1) is 15.9. The third-order valence-electron chi connectivity index (χ3n) is 5.48. The molecule has 0 fully saturated rings. The van der Waals surface area contributed by atoms with Crippen LogP contribution in [-0.4, -0.2) is 47.4 Å². The summed E-state index contributed by atoms with van der Waals surface area (Å²) in [7, 11) is 0. The maximum atomic E-state index is 12.4. The highest BCUT2D eigenvalue weighted by atomic mass is 16.5. The van der Waals surface area contributed by atoms with Gasteiger partial charge in [0.05, 0.1) is 6.54 Å². The van der Waals surface area contributed by atoms with Crippen molar-refractivity contribution in [3.63, 3.8) is 0 Å². The summed E-state index contributed by atoms with van der Waals surface area (Å²) in [6.45, 7) is -0.222. The average Bonchev–Trinajstić information content (AvgIpc) is 3.15. The molecular weight excluding hydrogens is 424 g/mol. The fourth-order valence-corrected chi connectivity index (χ4v) is 3.84. The maximum Gasteiger partial charge on any atom is 0.411 e. The van der Waals surface area contributed by atoms with Gasteiger partial charge in [0.2, 0.25) is 0 Å². The van der Waals surface area contributed by atoms with Crippen LogP contribution in [0.3, 0.4) is 0 Å². The summed E-state index contributed by atoms with van der Waals surface area (Å²) in [4.78, 5) is 35.0. The first-order valence-electron chi connectivity index (χ1n) is 10.3. The Morgan fingerprint density at radius 1 is 0.879 bits per heavy atom. The van der Waals surface area contributed by atoms with Crippen molar-refractivity contribution < 1.29 is 29.3 Å². The minimum atomic E-state index is -1.68. The largest absolute Gasteiger partial charge is 0.479 e. The summed E-state index contributed by atoms with van der Waals surface area (Å²) in [5.74, 6) is -2.00. The van der Waals surface area contributed by atoms with Gasteiger partial charge in [0.25, 0.3) is 5.91 Å². The van der Waals surface area contributed by atoms with Crippen LogP contribution in [0.4, 0.5) is 10.5 Å². The summed E-state index contributed by atoms with van der Waals surface area (Å²) in [5.41, 5.74) is 5.23. The molecule has 0 saturated heterocycles. The lowest BCUT2D eigenvalue weighted by Gasteiger charge is -2.14. The molecule has 8 nitrogen and oxygen atoms in total. The van der Waals surface area contributed by atoms with E-state index < -0.39 is 30.6 Å². The number of anilines is 1. The van der Waals surface area contributed by atoms with Crippen LogP contribution in [-0.2, 0) is 9.53 Å². The number of fused-ring (bicyclic) bond motifs is 3. The zero-order chi connectivity index (χ0) is 23.4. The summed E-state index contributed by atoms with van der Waals surface area (Å²) in [5, 5.41) is 22.8. The molecule has 0 aromatic heterocycles. The van der Waals surface area contributed by atoms with Crippen LogP contribution >= 0.6 is 0 Å². The van der Waals surface area contributed by atoms with E-state index in [1.54, 1.807) is 0 Å². The van der Waals surface area contributed by atoms with E-state index in [0.29, 0.717) is 5.69 Å². The average molecular weight is 446 g/mol. The van der Waals surface area contributed by atoms with Crippen LogP contribution in [0.15, 0.2) is 72.8 Å². The van der Waals surface area contributed by atoms with E-state index in [-0.39, 0.29) is 18.1 Å². The van der Waals surface area contributed by atoms with E-state index in [9.17, 15) is 19.5 Å². The number of aliphatic hydroxyl groups excluding tert-OH is 1. The van der Waals surface area contributed by atoms with Crippen molar-refractivity contribution in [3.05, 3.63) is 89.5 Å². The lowest BCUT2D eigenvalue weighted by molar-refractivity contribution is -0.146. The first kappa shape index (κ1) is 22.0. The number of ether oxygens (including phenoxy) is 1. The molecule has 1 aliphatic rings.